The number of carbonyl (C=O) groups is 1. The molecule has 0 radical (unpaired) electrons. The second-order valence-corrected chi connectivity index (χ2v) is 6.69. The number of para-hydroxylation sites is 1. The number of fused-ring (bicyclic) bond motifs is 1. The lowest BCUT2D eigenvalue weighted by atomic mass is 10.2. The van der Waals surface area contributed by atoms with Gasteiger partial charge in [0.25, 0.3) is 5.56 Å². The highest BCUT2D eigenvalue weighted by Crippen LogP contribution is 2.15. The van der Waals surface area contributed by atoms with E-state index in [1.807, 2.05) is 36.6 Å². The van der Waals surface area contributed by atoms with Crippen LogP contribution in [0.5, 0.6) is 0 Å². The standard InChI is InChI=1S/C21H17N3O3S/c1-28-16-9-6-15(7-10-16)8-11-20(25)27-14-19-23-18-5-3-2-4-17(18)21(26)24(19)13-12-22/h2-11H,13-14H2,1H3/b11-8+. The molecule has 0 saturated heterocycles. The molecular formula is C21H17N3O3S. The molecule has 1 heterocycles. The normalized spacial score (nSPS) is 10.9. The first-order valence-corrected chi connectivity index (χ1v) is 9.69. The van der Waals surface area contributed by atoms with E-state index < -0.39 is 5.97 Å². The molecule has 0 aliphatic carbocycles. The number of nitrogens with zero attached hydrogens (tertiary/aromatic N) is 3. The lowest BCUT2D eigenvalue weighted by Gasteiger charge is -2.10. The van der Waals surface area contributed by atoms with Gasteiger partial charge in [0.1, 0.15) is 13.2 Å². The average molecular weight is 391 g/mol. The van der Waals surface area contributed by atoms with Gasteiger partial charge in [-0.05, 0) is 42.2 Å². The minimum atomic E-state index is -0.556. The molecule has 3 aromatic rings. The summed E-state index contributed by atoms with van der Waals surface area (Å²) in [5, 5.41) is 9.43. The van der Waals surface area contributed by atoms with Gasteiger partial charge in [0.2, 0.25) is 0 Å². The van der Waals surface area contributed by atoms with E-state index in [1.165, 1.54) is 10.6 Å². The maximum Gasteiger partial charge on any atom is 0.331 e. The van der Waals surface area contributed by atoms with Gasteiger partial charge < -0.3 is 4.74 Å². The molecule has 3 rings (SSSR count). The summed E-state index contributed by atoms with van der Waals surface area (Å²) < 4.78 is 6.45. The maximum absolute atomic E-state index is 12.6. The van der Waals surface area contributed by atoms with Crippen molar-refractivity contribution in [1.82, 2.24) is 9.55 Å². The van der Waals surface area contributed by atoms with E-state index in [-0.39, 0.29) is 24.5 Å². The summed E-state index contributed by atoms with van der Waals surface area (Å²) in [4.78, 5) is 30.1. The molecule has 0 bridgehead atoms. The quantitative estimate of drug-likeness (QED) is 0.364. The summed E-state index contributed by atoms with van der Waals surface area (Å²) >= 11 is 1.64. The number of thioether (sulfide) groups is 1. The van der Waals surface area contributed by atoms with Crippen LogP contribution in [0, 0.1) is 11.3 Å². The van der Waals surface area contributed by atoms with Crippen LogP contribution in [-0.4, -0.2) is 21.8 Å². The Hall–Kier alpha value is -3.37. The SMILES string of the molecule is CSc1ccc(/C=C/C(=O)OCc2nc3ccccc3c(=O)n2CC#N)cc1. The van der Waals surface area contributed by atoms with Gasteiger partial charge in [-0.15, -0.1) is 11.8 Å². The van der Waals surface area contributed by atoms with Gasteiger partial charge in [0, 0.05) is 11.0 Å². The highest BCUT2D eigenvalue weighted by molar-refractivity contribution is 7.98. The zero-order valence-corrected chi connectivity index (χ0v) is 16.0. The van der Waals surface area contributed by atoms with Crippen molar-refractivity contribution < 1.29 is 9.53 Å². The number of ether oxygens (including phenoxy) is 1. The van der Waals surface area contributed by atoms with Crippen LogP contribution in [0.2, 0.25) is 0 Å². The summed E-state index contributed by atoms with van der Waals surface area (Å²) in [6.45, 7) is -0.364. The number of esters is 1. The fourth-order valence-corrected chi connectivity index (χ4v) is 3.03. The minimum Gasteiger partial charge on any atom is -0.454 e. The molecule has 6 nitrogen and oxygen atoms in total. The minimum absolute atomic E-state index is 0.165. The van der Waals surface area contributed by atoms with E-state index in [0.717, 1.165) is 10.5 Å². The monoisotopic (exact) mass is 391 g/mol. The highest BCUT2D eigenvalue weighted by atomic mass is 32.2. The topological polar surface area (TPSA) is 85.0 Å². The number of rotatable bonds is 6. The van der Waals surface area contributed by atoms with Gasteiger partial charge >= 0.3 is 5.97 Å². The molecule has 0 atom stereocenters. The van der Waals surface area contributed by atoms with Crippen molar-refractivity contribution in [2.24, 2.45) is 0 Å². The molecule has 0 fully saturated rings. The highest BCUT2D eigenvalue weighted by Gasteiger charge is 2.12. The lowest BCUT2D eigenvalue weighted by Crippen LogP contribution is -2.26. The van der Waals surface area contributed by atoms with Crippen LogP contribution >= 0.6 is 11.8 Å². The van der Waals surface area contributed by atoms with Crippen LogP contribution in [0.25, 0.3) is 17.0 Å². The van der Waals surface area contributed by atoms with Crippen LogP contribution in [-0.2, 0) is 22.7 Å². The average Bonchev–Trinajstić information content (AvgIpc) is 2.73. The van der Waals surface area contributed by atoms with E-state index in [1.54, 1.807) is 42.1 Å². The van der Waals surface area contributed by atoms with Crippen molar-refractivity contribution in [3.05, 3.63) is 76.3 Å². The summed E-state index contributed by atoms with van der Waals surface area (Å²) in [6.07, 6.45) is 4.97. The van der Waals surface area contributed by atoms with E-state index >= 15 is 0 Å². The first-order valence-electron chi connectivity index (χ1n) is 8.46. The molecule has 0 N–H and O–H groups in total. The predicted molar refractivity (Wildman–Crippen MR) is 109 cm³/mol. The van der Waals surface area contributed by atoms with Crippen LogP contribution < -0.4 is 5.56 Å². The third kappa shape index (κ3) is 4.48. The van der Waals surface area contributed by atoms with E-state index in [2.05, 4.69) is 4.98 Å². The Morgan fingerprint density at radius 1 is 1.25 bits per heavy atom. The molecule has 2 aromatic carbocycles. The second kappa shape index (κ2) is 9.02. The first kappa shape index (κ1) is 19.4. The fraction of sp³-hybridized carbons (Fsp3) is 0.143. The number of aromatic nitrogens is 2. The maximum atomic E-state index is 12.6. The van der Waals surface area contributed by atoms with Gasteiger partial charge in [0.05, 0.1) is 17.0 Å². The van der Waals surface area contributed by atoms with Crippen LogP contribution in [0.15, 0.2) is 64.3 Å². The number of carbonyl (C=O) groups excluding carboxylic acids is 1. The van der Waals surface area contributed by atoms with Gasteiger partial charge in [-0.3, -0.25) is 9.36 Å². The van der Waals surface area contributed by atoms with Crippen molar-refractivity contribution in [1.29, 1.82) is 5.26 Å². The Labute approximate surface area is 166 Å². The molecule has 140 valence electrons. The summed E-state index contributed by atoms with van der Waals surface area (Å²) in [5.41, 5.74) is 1.04. The molecular weight excluding hydrogens is 374 g/mol. The number of hydrogen-bond acceptors (Lipinski definition) is 6. The summed E-state index contributed by atoms with van der Waals surface area (Å²) in [5.74, 6) is -0.323. The van der Waals surface area contributed by atoms with Crippen LogP contribution in [0.3, 0.4) is 0 Å². The van der Waals surface area contributed by atoms with E-state index in [9.17, 15) is 9.59 Å². The van der Waals surface area contributed by atoms with Gasteiger partial charge in [-0.1, -0.05) is 24.3 Å². The molecule has 1 aromatic heterocycles. The molecule has 0 saturated carbocycles. The molecule has 28 heavy (non-hydrogen) atoms. The Morgan fingerprint density at radius 2 is 2.00 bits per heavy atom. The zero-order valence-electron chi connectivity index (χ0n) is 15.2. The first-order chi connectivity index (χ1) is 13.6. The second-order valence-electron chi connectivity index (χ2n) is 5.81. The Bertz CT molecular complexity index is 1130. The fourth-order valence-electron chi connectivity index (χ4n) is 2.62. The van der Waals surface area contributed by atoms with Crippen molar-refractivity contribution in [2.45, 2.75) is 18.0 Å². The Morgan fingerprint density at radius 3 is 2.71 bits per heavy atom. The Kier molecular flexibility index (Phi) is 6.25. The van der Waals surface area contributed by atoms with Gasteiger partial charge in [-0.25, -0.2) is 9.78 Å². The smallest absolute Gasteiger partial charge is 0.331 e. The van der Waals surface area contributed by atoms with Crippen LogP contribution in [0.1, 0.15) is 11.4 Å². The predicted octanol–water partition coefficient (Wildman–Crippen LogP) is 3.40. The largest absolute Gasteiger partial charge is 0.454 e. The molecule has 0 aliphatic rings. The summed E-state index contributed by atoms with van der Waals surface area (Å²) in [7, 11) is 0. The van der Waals surface area contributed by atoms with Crippen molar-refractivity contribution in [3.8, 4) is 6.07 Å². The van der Waals surface area contributed by atoms with E-state index in [4.69, 9.17) is 10.00 Å². The summed E-state index contributed by atoms with van der Waals surface area (Å²) in [6, 6.07) is 16.6. The van der Waals surface area contributed by atoms with Gasteiger partial charge in [-0.2, -0.15) is 5.26 Å². The van der Waals surface area contributed by atoms with Crippen molar-refractivity contribution in [3.63, 3.8) is 0 Å². The van der Waals surface area contributed by atoms with Crippen molar-refractivity contribution in [2.75, 3.05) is 6.26 Å². The molecule has 0 amide bonds. The molecule has 0 unspecified atom stereocenters. The third-order valence-corrected chi connectivity index (χ3v) is 4.78. The molecule has 0 spiro atoms. The molecule has 0 aliphatic heterocycles. The number of benzene rings is 2. The van der Waals surface area contributed by atoms with Gasteiger partial charge in [0.15, 0.2) is 5.82 Å². The number of hydrogen-bond donors (Lipinski definition) is 0. The van der Waals surface area contributed by atoms with Crippen molar-refractivity contribution >= 4 is 34.7 Å². The van der Waals surface area contributed by atoms with Crippen LogP contribution in [0.4, 0.5) is 0 Å². The Balaban J connectivity index is 1.76. The molecule has 7 heteroatoms. The lowest BCUT2D eigenvalue weighted by molar-refractivity contribution is -0.139. The third-order valence-electron chi connectivity index (χ3n) is 4.04. The number of nitriles is 1. The zero-order chi connectivity index (χ0) is 19.9. The van der Waals surface area contributed by atoms with E-state index in [0.29, 0.717) is 10.9 Å².